The molecule has 2 N–H and O–H groups in total. The van der Waals surface area contributed by atoms with Gasteiger partial charge in [-0.05, 0) is 42.7 Å². The SMILES string of the molecule is C[C@@]1(Cc2ccc(-c3cncnc3)cc2)C(=O)N(c2cc(Cl)cc(Cl)c2)c2ncc(S(=O)(=O)N3CC[C@H]3C(N)=O)n21. The third kappa shape index (κ3) is 4.47. The number of carbonyl (C=O) groups is 2. The van der Waals surface area contributed by atoms with Gasteiger partial charge in [-0.2, -0.15) is 4.31 Å². The lowest BCUT2D eigenvalue weighted by Gasteiger charge is -2.37. The Morgan fingerprint density at radius 2 is 1.71 bits per heavy atom. The van der Waals surface area contributed by atoms with Gasteiger partial charge >= 0.3 is 0 Å². The lowest BCUT2D eigenvalue weighted by Crippen LogP contribution is -2.57. The summed E-state index contributed by atoms with van der Waals surface area (Å²) in [7, 11) is -4.24. The molecule has 0 spiro atoms. The molecule has 4 heterocycles. The van der Waals surface area contributed by atoms with Gasteiger partial charge in [0.05, 0.1) is 11.9 Å². The second-order valence-electron chi connectivity index (χ2n) is 10.1. The topological polar surface area (TPSA) is 144 Å². The highest BCUT2D eigenvalue weighted by Crippen LogP contribution is 2.45. The third-order valence-electron chi connectivity index (χ3n) is 7.44. The van der Waals surface area contributed by atoms with Gasteiger partial charge in [-0.15, -0.1) is 0 Å². The molecule has 6 rings (SSSR count). The number of benzene rings is 2. The van der Waals surface area contributed by atoms with E-state index in [-0.39, 0.29) is 23.9 Å². The van der Waals surface area contributed by atoms with Crippen molar-refractivity contribution in [3.8, 4) is 11.1 Å². The number of hydrogen-bond donors (Lipinski definition) is 1. The number of imidazole rings is 1. The fourth-order valence-corrected chi connectivity index (χ4v) is 7.67. The Morgan fingerprint density at radius 1 is 1.05 bits per heavy atom. The second kappa shape index (κ2) is 9.91. The summed E-state index contributed by atoms with van der Waals surface area (Å²) >= 11 is 12.5. The van der Waals surface area contributed by atoms with Crippen LogP contribution in [0, 0.1) is 0 Å². The Labute approximate surface area is 245 Å². The Balaban J connectivity index is 1.46. The largest absolute Gasteiger partial charge is 0.368 e. The monoisotopic (exact) mass is 611 g/mol. The predicted molar refractivity (Wildman–Crippen MR) is 152 cm³/mol. The van der Waals surface area contributed by atoms with E-state index in [1.165, 1.54) is 28.1 Å². The van der Waals surface area contributed by atoms with E-state index in [0.717, 1.165) is 21.0 Å². The van der Waals surface area contributed by atoms with Gasteiger partial charge in [0.15, 0.2) is 5.03 Å². The number of sulfonamides is 1. The molecule has 2 atom stereocenters. The highest BCUT2D eigenvalue weighted by atomic mass is 35.5. The molecule has 0 aliphatic carbocycles. The molecule has 41 heavy (non-hydrogen) atoms. The van der Waals surface area contributed by atoms with Crippen molar-refractivity contribution in [2.24, 2.45) is 5.73 Å². The molecule has 4 aromatic rings. The molecule has 2 aromatic carbocycles. The molecule has 0 saturated carbocycles. The molecule has 14 heteroatoms. The Morgan fingerprint density at radius 3 is 2.29 bits per heavy atom. The molecule has 1 fully saturated rings. The molecular weight excluding hydrogens is 589 g/mol. The molecule has 2 aliphatic heterocycles. The molecule has 2 aromatic heterocycles. The van der Waals surface area contributed by atoms with Gasteiger partial charge in [-0.25, -0.2) is 28.3 Å². The van der Waals surface area contributed by atoms with Crippen molar-refractivity contribution >= 4 is 56.7 Å². The summed E-state index contributed by atoms with van der Waals surface area (Å²) in [5.41, 5.74) is 6.85. The van der Waals surface area contributed by atoms with Gasteiger partial charge in [0.1, 0.15) is 17.9 Å². The summed E-state index contributed by atoms with van der Waals surface area (Å²) in [6.07, 6.45) is 6.49. The van der Waals surface area contributed by atoms with Gasteiger partial charge in [-0.1, -0.05) is 47.5 Å². The first kappa shape index (κ1) is 27.3. The highest BCUT2D eigenvalue weighted by Gasteiger charge is 2.53. The summed E-state index contributed by atoms with van der Waals surface area (Å²) in [5, 5.41) is 0.374. The van der Waals surface area contributed by atoms with E-state index in [0.29, 0.717) is 22.2 Å². The van der Waals surface area contributed by atoms with Crippen molar-refractivity contribution in [3.05, 3.63) is 83.0 Å². The Hall–Kier alpha value is -3.84. The maximum Gasteiger partial charge on any atom is 0.261 e. The molecule has 0 bridgehead atoms. The van der Waals surface area contributed by atoms with Crippen LogP contribution in [0.4, 0.5) is 11.6 Å². The normalized spacial score (nSPS) is 20.6. The number of amides is 2. The minimum absolute atomic E-state index is 0.0867. The number of nitrogens with two attached hydrogens (primary N) is 1. The Kier molecular flexibility index (Phi) is 6.61. The lowest BCUT2D eigenvalue weighted by atomic mass is 9.91. The van der Waals surface area contributed by atoms with Crippen LogP contribution in [0.25, 0.3) is 11.1 Å². The number of aromatic nitrogens is 4. The zero-order valence-corrected chi connectivity index (χ0v) is 23.9. The summed E-state index contributed by atoms with van der Waals surface area (Å²) in [5.74, 6) is -1.08. The molecule has 0 unspecified atom stereocenters. The van der Waals surface area contributed by atoms with Crippen LogP contribution in [0.5, 0.6) is 0 Å². The number of primary amides is 1. The molecule has 210 valence electrons. The van der Waals surface area contributed by atoms with E-state index < -0.39 is 33.4 Å². The van der Waals surface area contributed by atoms with Crippen LogP contribution in [-0.4, -0.2) is 56.6 Å². The molecule has 2 amide bonds. The van der Waals surface area contributed by atoms with Crippen LogP contribution in [0.1, 0.15) is 18.9 Å². The minimum atomic E-state index is -4.24. The van der Waals surface area contributed by atoms with Crippen molar-refractivity contribution < 1.29 is 18.0 Å². The van der Waals surface area contributed by atoms with Gasteiger partial charge < -0.3 is 5.73 Å². The standard InChI is InChI=1S/C27H23Cl2N7O4S/c1-27(11-16-2-4-17(5-3-16)18-12-31-15-32-13-18)25(38)35(21-9-19(28)8-20(29)10-21)26-33-14-23(36(26)27)41(39,40)34-7-6-22(34)24(30)37/h2-5,8-10,12-15,22H,6-7,11H2,1H3,(H2,30,37)/t22-,27+/m0/s1. The smallest absolute Gasteiger partial charge is 0.261 e. The van der Waals surface area contributed by atoms with Crippen molar-refractivity contribution in [2.75, 3.05) is 11.4 Å². The Bertz CT molecular complexity index is 1780. The highest BCUT2D eigenvalue weighted by molar-refractivity contribution is 7.89. The van der Waals surface area contributed by atoms with E-state index in [1.807, 2.05) is 24.3 Å². The molecule has 0 radical (unpaired) electrons. The van der Waals surface area contributed by atoms with Crippen LogP contribution in [0.2, 0.25) is 10.0 Å². The van der Waals surface area contributed by atoms with E-state index in [1.54, 1.807) is 31.5 Å². The van der Waals surface area contributed by atoms with Gasteiger partial charge in [0, 0.05) is 41.0 Å². The van der Waals surface area contributed by atoms with Crippen molar-refractivity contribution in [2.45, 2.75) is 36.4 Å². The number of nitrogens with zero attached hydrogens (tertiary/aromatic N) is 6. The fourth-order valence-electron chi connectivity index (χ4n) is 5.33. The third-order valence-corrected chi connectivity index (χ3v) is 9.75. The zero-order valence-electron chi connectivity index (χ0n) is 21.6. The zero-order chi connectivity index (χ0) is 29.1. The van der Waals surface area contributed by atoms with E-state index >= 15 is 0 Å². The quantitative estimate of drug-likeness (QED) is 0.336. The van der Waals surface area contributed by atoms with Crippen molar-refractivity contribution in [1.29, 1.82) is 0 Å². The van der Waals surface area contributed by atoms with E-state index in [9.17, 15) is 18.0 Å². The average Bonchev–Trinajstić information content (AvgIpc) is 3.42. The molecule has 1 saturated heterocycles. The minimum Gasteiger partial charge on any atom is -0.368 e. The first-order valence-corrected chi connectivity index (χ1v) is 14.7. The van der Waals surface area contributed by atoms with E-state index in [4.69, 9.17) is 28.9 Å². The maximum atomic E-state index is 14.2. The van der Waals surface area contributed by atoms with Crippen LogP contribution in [-0.2, 0) is 31.6 Å². The number of carbonyl (C=O) groups excluding carboxylic acids is 2. The van der Waals surface area contributed by atoms with Crippen LogP contribution in [0.15, 0.2) is 72.4 Å². The predicted octanol–water partition coefficient (Wildman–Crippen LogP) is 3.53. The number of halogens is 2. The average molecular weight is 612 g/mol. The van der Waals surface area contributed by atoms with Crippen LogP contribution >= 0.6 is 23.2 Å². The summed E-state index contributed by atoms with van der Waals surface area (Å²) in [6, 6.07) is 11.2. The second-order valence-corrected chi connectivity index (χ2v) is 12.8. The fraction of sp³-hybridized carbons (Fsp3) is 0.222. The number of anilines is 2. The van der Waals surface area contributed by atoms with Crippen LogP contribution in [0.3, 0.4) is 0 Å². The molecule has 11 nitrogen and oxygen atoms in total. The first-order chi connectivity index (χ1) is 19.5. The van der Waals surface area contributed by atoms with Crippen LogP contribution < -0.4 is 10.6 Å². The number of hydrogen-bond acceptors (Lipinski definition) is 7. The lowest BCUT2D eigenvalue weighted by molar-refractivity contribution is -0.125. The van der Waals surface area contributed by atoms with Gasteiger partial charge in [0.2, 0.25) is 11.9 Å². The van der Waals surface area contributed by atoms with Crippen molar-refractivity contribution in [3.63, 3.8) is 0 Å². The van der Waals surface area contributed by atoms with Gasteiger partial charge in [-0.3, -0.25) is 14.2 Å². The number of rotatable bonds is 7. The number of fused-ring (bicyclic) bond motifs is 1. The maximum absolute atomic E-state index is 14.2. The molecular formula is C27H23Cl2N7O4S. The molecule has 2 aliphatic rings. The first-order valence-electron chi connectivity index (χ1n) is 12.5. The summed E-state index contributed by atoms with van der Waals surface area (Å²) in [6.45, 7) is 1.78. The van der Waals surface area contributed by atoms with E-state index in [2.05, 4.69) is 15.0 Å². The summed E-state index contributed by atoms with van der Waals surface area (Å²) in [4.78, 5) is 39.9. The van der Waals surface area contributed by atoms with Crippen molar-refractivity contribution in [1.82, 2.24) is 23.8 Å². The summed E-state index contributed by atoms with van der Waals surface area (Å²) < 4.78 is 30.1. The van der Waals surface area contributed by atoms with Gasteiger partial charge in [0.25, 0.3) is 15.9 Å².